The maximum atomic E-state index is 11.5. The van der Waals surface area contributed by atoms with Crippen molar-refractivity contribution in [2.75, 3.05) is 0 Å². The zero-order chi connectivity index (χ0) is 14.6. The Morgan fingerprint density at radius 2 is 1.45 bits per heavy atom. The van der Waals surface area contributed by atoms with Crippen LogP contribution in [-0.4, -0.2) is 17.2 Å². The standard InChI is InChI=1S/C12H10O6S2/c13-19(14)18-20(15,16)12-8-6-11(7-9-12)17-10-4-2-1-3-5-10/h1-9H,(H,13,14)/p-1. The molecule has 8 heteroatoms. The molecule has 0 saturated heterocycles. The molecule has 20 heavy (non-hydrogen) atoms. The van der Waals surface area contributed by atoms with Crippen molar-refractivity contribution in [2.45, 2.75) is 4.90 Å². The number of para-hydroxylation sites is 1. The third kappa shape index (κ3) is 3.87. The lowest BCUT2D eigenvalue weighted by atomic mass is 10.3. The fourth-order valence-corrected chi connectivity index (χ4v) is 2.78. The van der Waals surface area contributed by atoms with E-state index in [0.29, 0.717) is 11.5 Å². The SMILES string of the molecule is O=S([O-])OS(=O)(=O)c1ccc(Oc2ccccc2)cc1. The molecule has 0 bridgehead atoms. The minimum atomic E-state index is -4.32. The number of ether oxygens (including phenoxy) is 1. The average Bonchev–Trinajstić information content (AvgIpc) is 2.39. The van der Waals surface area contributed by atoms with Gasteiger partial charge in [0, 0.05) is 0 Å². The fraction of sp³-hybridized carbons (Fsp3) is 0. The summed E-state index contributed by atoms with van der Waals surface area (Å²) in [5, 5.41) is 0. The van der Waals surface area contributed by atoms with Gasteiger partial charge >= 0.3 is 10.1 Å². The molecule has 106 valence electrons. The first-order valence-electron chi connectivity index (χ1n) is 5.34. The molecule has 2 aromatic carbocycles. The summed E-state index contributed by atoms with van der Waals surface area (Å²) in [7, 11) is -4.32. The molecule has 0 aliphatic rings. The molecule has 0 aliphatic heterocycles. The second-order valence-corrected chi connectivity index (χ2v) is 5.95. The molecule has 2 rings (SSSR count). The molecule has 0 radical (unpaired) electrons. The van der Waals surface area contributed by atoms with Gasteiger partial charge in [0.2, 0.25) is 0 Å². The third-order valence-electron chi connectivity index (χ3n) is 2.24. The summed E-state index contributed by atoms with van der Waals surface area (Å²) < 4.78 is 52.8. The molecule has 6 nitrogen and oxygen atoms in total. The van der Waals surface area contributed by atoms with Gasteiger partial charge in [-0.15, -0.1) is 0 Å². The lowest BCUT2D eigenvalue weighted by Crippen LogP contribution is -2.08. The van der Waals surface area contributed by atoms with E-state index in [9.17, 15) is 17.2 Å². The van der Waals surface area contributed by atoms with E-state index in [2.05, 4.69) is 3.63 Å². The van der Waals surface area contributed by atoms with Crippen LogP contribution in [0.5, 0.6) is 11.5 Å². The highest BCUT2D eigenvalue weighted by Gasteiger charge is 2.15. The van der Waals surface area contributed by atoms with Crippen molar-refractivity contribution in [1.29, 1.82) is 0 Å². The number of hydrogen-bond acceptors (Lipinski definition) is 6. The monoisotopic (exact) mass is 313 g/mol. The Morgan fingerprint density at radius 1 is 0.900 bits per heavy atom. The maximum absolute atomic E-state index is 11.5. The Hall–Kier alpha value is -1.74. The highest BCUT2D eigenvalue weighted by atomic mass is 32.3. The second-order valence-electron chi connectivity index (χ2n) is 3.61. The highest BCUT2D eigenvalue weighted by Crippen LogP contribution is 2.23. The molecule has 0 heterocycles. The molecule has 0 aromatic heterocycles. The molecule has 0 aliphatic carbocycles. The topological polar surface area (TPSA) is 92.7 Å². The van der Waals surface area contributed by atoms with Gasteiger partial charge in [0.1, 0.15) is 22.9 Å². The summed E-state index contributed by atoms with van der Waals surface area (Å²) in [6, 6.07) is 14.1. The summed E-state index contributed by atoms with van der Waals surface area (Å²) in [6.45, 7) is 0. The van der Waals surface area contributed by atoms with E-state index in [4.69, 9.17) is 4.74 Å². The minimum absolute atomic E-state index is 0.276. The van der Waals surface area contributed by atoms with Crippen molar-refractivity contribution in [3.8, 4) is 11.5 Å². The first kappa shape index (κ1) is 14.7. The van der Waals surface area contributed by atoms with Crippen molar-refractivity contribution in [2.24, 2.45) is 0 Å². The molecular formula is C12H9O6S2-. The molecule has 1 atom stereocenters. The predicted octanol–water partition coefficient (Wildman–Crippen LogP) is 1.98. The molecule has 0 spiro atoms. The van der Waals surface area contributed by atoms with Gasteiger partial charge in [0.25, 0.3) is 0 Å². The van der Waals surface area contributed by atoms with Gasteiger partial charge in [-0.1, -0.05) is 18.2 Å². The largest absolute Gasteiger partial charge is 0.749 e. The Labute approximate surface area is 118 Å². The van der Waals surface area contributed by atoms with Crippen molar-refractivity contribution in [3.63, 3.8) is 0 Å². The molecule has 0 saturated carbocycles. The van der Waals surface area contributed by atoms with Crippen LogP contribution in [0.3, 0.4) is 0 Å². The number of rotatable bonds is 5. The summed E-state index contributed by atoms with van der Waals surface area (Å²) in [4.78, 5) is -0.276. The van der Waals surface area contributed by atoms with Crippen LogP contribution in [-0.2, 0) is 25.1 Å². The maximum Gasteiger partial charge on any atom is 0.308 e. The quantitative estimate of drug-likeness (QED) is 0.784. The molecular weight excluding hydrogens is 304 g/mol. The normalized spacial score (nSPS) is 12.8. The van der Waals surface area contributed by atoms with E-state index in [1.165, 1.54) is 24.3 Å². The molecule has 1 unspecified atom stereocenters. The Morgan fingerprint density at radius 3 is 2.00 bits per heavy atom. The van der Waals surface area contributed by atoms with Gasteiger partial charge in [-0.05, 0) is 36.4 Å². The summed E-state index contributed by atoms with van der Waals surface area (Å²) >= 11 is -3.14. The van der Waals surface area contributed by atoms with Gasteiger partial charge in [-0.2, -0.15) is 12.0 Å². The van der Waals surface area contributed by atoms with E-state index < -0.39 is 21.5 Å². The van der Waals surface area contributed by atoms with Crippen LogP contribution in [0.1, 0.15) is 0 Å². The van der Waals surface area contributed by atoms with Crippen molar-refractivity contribution < 1.29 is 25.5 Å². The fourth-order valence-electron chi connectivity index (χ4n) is 1.41. The van der Waals surface area contributed by atoms with E-state index in [-0.39, 0.29) is 4.90 Å². The van der Waals surface area contributed by atoms with Crippen LogP contribution >= 0.6 is 0 Å². The Balaban J connectivity index is 2.16. The Kier molecular flexibility index (Phi) is 4.50. The summed E-state index contributed by atoms with van der Waals surface area (Å²) in [5.41, 5.74) is 0. The lowest BCUT2D eigenvalue weighted by Gasteiger charge is -2.08. The van der Waals surface area contributed by atoms with Gasteiger partial charge < -0.3 is 9.29 Å². The van der Waals surface area contributed by atoms with Crippen molar-refractivity contribution in [3.05, 3.63) is 54.6 Å². The van der Waals surface area contributed by atoms with Gasteiger partial charge in [0.15, 0.2) is 0 Å². The lowest BCUT2D eigenvalue weighted by molar-refractivity contribution is 0.429. The number of hydrogen-bond donors (Lipinski definition) is 0. The van der Waals surface area contributed by atoms with Crippen LogP contribution in [0.4, 0.5) is 0 Å². The van der Waals surface area contributed by atoms with Gasteiger partial charge in [-0.25, -0.2) is 4.21 Å². The zero-order valence-corrected chi connectivity index (χ0v) is 11.6. The van der Waals surface area contributed by atoms with Crippen LogP contribution in [0.2, 0.25) is 0 Å². The van der Waals surface area contributed by atoms with Crippen LogP contribution in [0.15, 0.2) is 59.5 Å². The van der Waals surface area contributed by atoms with Crippen LogP contribution < -0.4 is 4.74 Å². The van der Waals surface area contributed by atoms with E-state index in [1.54, 1.807) is 24.3 Å². The van der Waals surface area contributed by atoms with Crippen molar-refractivity contribution >= 4 is 21.5 Å². The van der Waals surface area contributed by atoms with Crippen LogP contribution in [0.25, 0.3) is 0 Å². The van der Waals surface area contributed by atoms with Gasteiger partial charge in [-0.3, -0.25) is 0 Å². The molecule has 0 amide bonds. The van der Waals surface area contributed by atoms with E-state index >= 15 is 0 Å². The zero-order valence-electron chi connectivity index (χ0n) is 9.96. The Bertz CT molecular complexity index is 694. The highest BCUT2D eigenvalue weighted by molar-refractivity contribution is 7.95. The second kappa shape index (κ2) is 6.14. The summed E-state index contributed by atoms with van der Waals surface area (Å²) in [5.74, 6) is 1.01. The van der Waals surface area contributed by atoms with Gasteiger partial charge in [0.05, 0.1) is 4.90 Å². The average molecular weight is 313 g/mol. The molecule has 2 aromatic rings. The van der Waals surface area contributed by atoms with Crippen molar-refractivity contribution in [1.82, 2.24) is 0 Å². The first-order chi connectivity index (χ1) is 9.47. The molecule has 0 N–H and O–H groups in total. The number of benzene rings is 2. The smallest absolute Gasteiger partial charge is 0.308 e. The van der Waals surface area contributed by atoms with E-state index in [0.717, 1.165) is 0 Å². The minimum Gasteiger partial charge on any atom is -0.749 e. The predicted molar refractivity (Wildman–Crippen MR) is 70.1 cm³/mol. The van der Waals surface area contributed by atoms with Crippen LogP contribution in [0, 0.1) is 0 Å². The third-order valence-corrected chi connectivity index (χ3v) is 4.25. The first-order valence-corrected chi connectivity index (χ1v) is 7.75. The van der Waals surface area contributed by atoms with E-state index in [1.807, 2.05) is 6.07 Å². The summed E-state index contributed by atoms with van der Waals surface area (Å²) in [6.07, 6.45) is 0. The molecule has 0 fully saturated rings.